The third-order valence-corrected chi connectivity index (χ3v) is 7.04. The Bertz CT molecular complexity index is 1740. The molecule has 0 unspecified atom stereocenters. The average Bonchev–Trinajstić information content (AvgIpc) is 3.32. The van der Waals surface area contributed by atoms with Crippen LogP contribution in [0.2, 0.25) is 0 Å². The maximum absolute atomic E-state index is 5.20. The van der Waals surface area contributed by atoms with E-state index in [1.54, 1.807) is 0 Å². The number of aryl methyl sites for hydroxylation is 6. The van der Waals surface area contributed by atoms with Crippen LogP contribution in [0, 0.1) is 34.6 Å². The molecule has 0 atom stereocenters. The quantitative estimate of drug-likeness (QED) is 0.263. The second-order valence-electron chi connectivity index (χ2n) is 9.55. The van der Waals surface area contributed by atoms with Gasteiger partial charge < -0.3 is 4.57 Å². The molecule has 34 heavy (non-hydrogen) atoms. The van der Waals surface area contributed by atoms with Gasteiger partial charge >= 0.3 is 0 Å². The second kappa shape index (κ2) is 7.29. The molecule has 6 aromatic rings. The lowest BCUT2D eigenvalue weighted by molar-refractivity contribution is 0.736. The van der Waals surface area contributed by atoms with Crippen molar-refractivity contribution in [1.82, 2.24) is 19.3 Å². The zero-order valence-corrected chi connectivity index (χ0v) is 20.6. The fraction of sp³-hybridized carbons (Fsp3) is 0.200. The highest BCUT2D eigenvalue weighted by molar-refractivity contribution is 6.27. The standard InChI is InChI=1S/C30H28N4/c1-17-13-14-22-25(15-17)27-23(26-18(2)9-7-10-19(26)3)11-8-12-24(27)28-29(22)33(6)30(31-28)34-21(5)16-20(4)32-34/h7-16H,1-6H3. The van der Waals surface area contributed by atoms with Gasteiger partial charge in [-0.05, 0) is 73.7 Å². The van der Waals surface area contributed by atoms with Crippen LogP contribution >= 0.6 is 0 Å². The molecule has 0 bridgehead atoms. The van der Waals surface area contributed by atoms with Crippen LogP contribution in [-0.4, -0.2) is 19.3 Å². The predicted octanol–water partition coefficient (Wildman–Crippen LogP) is 7.27. The first-order valence-corrected chi connectivity index (χ1v) is 11.8. The molecule has 0 aliphatic rings. The van der Waals surface area contributed by atoms with Gasteiger partial charge in [-0.3, -0.25) is 0 Å². The Morgan fingerprint density at radius 1 is 0.735 bits per heavy atom. The van der Waals surface area contributed by atoms with Crippen molar-refractivity contribution in [3.05, 3.63) is 88.7 Å². The minimum atomic E-state index is 0.840. The monoisotopic (exact) mass is 444 g/mol. The third-order valence-electron chi connectivity index (χ3n) is 7.04. The molecule has 2 aromatic heterocycles. The van der Waals surface area contributed by atoms with Crippen LogP contribution in [0.1, 0.15) is 28.1 Å². The molecule has 0 aliphatic heterocycles. The largest absolute Gasteiger partial charge is 0.311 e. The van der Waals surface area contributed by atoms with E-state index in [4.69, 9.17) is 10.1 Å². The number of nitrogens with zero attached hydrogens (tertiary/aromatic N) is 4. The van der Waals surface area contributed by atoms with Gasteiger partial charge in [-0.2, -0.15) is 5.10 Å². The number of imidazole rings is 1. The van der Waals surface area contributed by atoms with E-state index in [1.807, 2.05) is 11.6 Å². The summed E-state index contributed by atoms with van der Waals surface area (Å²) in [6.07, 6.45) is 0. The van der Waals surface area contributed by atoms with Crippen molar-refractivity contribution in [3.63, 3.8) is 0 Å². The second-order valence-corrected chi connectivity index (χ2v) is 9.55. The molecule has 0 saturated heterocycles. The highest BCUT2D eigenvalue weighted by atomic mass is 15.4. The van der Waals surface area contributed by atoms with E-state index in [2.05, 4.69) is 100.0 Å². The van der Waals surface area contributed by atoms with Gasteiger partial charge in [-0.15, -0.1) is 0 Å². The Balaban J connectivity index is 1.85. The van der Waals surface area contributed by atoms with Gasteiger partial charge in [-0.1, -0.05) is 60.2 Å². The summed E-state index contributed by atoms with van der Waals surface area (Å²) in [7, 11) is 2.10. The van der Waals surface area contributed by atoms with Crippen LogP contribution in [0.15, 0.2) is 60.7 Å². The minimum Gasteiger partial charge on any atom is -0.311 e. The summed E-state index contributed by atoms with van der Waals surface area (Å²) in [6.45, 7) is 10.7. The lowest BCUT2D eigenvalue weighted by atomic mass is 9.88. The summed E-state index contributed by atoms with van der Waals surface area (Å²) in [5.41, 5.74) is 10.6. The van der Waals surface area contributed by atoms with Crippen LogP contribution in [-0.2, 0) is 7.05 Å². The molecule has 0 fully saturated rings. The first kappa shape index (κ1) is 20.7. The van der Waals surface area contributed by atoms with Crippen molar-refractivity contribution < 1.29 is 0 Å². The maximum atomic E-state index is 5.20. The van der Waals surface area contributed by atoms with Crippen molar-refractivity contribution >= 4 is 32.6 Å². The predicted molar refractivity (Wildman–Crippen MR) is 142 cm³/mol. The third kappa shape index (κ3) is 2.84. The Morgan fingerprint density at radius 3 is 2.18 bits per heavy atom. The van der Waals surface area contributed by atoms with Crippen LogP contribution in [0.4, 0.5) is 0 Å². The molecule has 168 valence electrons. The van der Waals surface area contributed by atoms with Gasteiger partial charge in [0.05, 0.1) is 16.7 Å². The first-order chi connectivity index (χ1) is 16.3. The van der Waals surface area contributed by atoms with Crippen LogP contribution < -0.4 is 0 Å². The van der Waals surface area contributed by atoms with Crippen LogP contribution in [0.5, 0.6) is 0 Å². The summed E-state index contributed by atoms with van der Waals surface area (Å²) in [4.78, 5) is 5.20. The van der Waals surface area contributed by atoms with Gasteiger partial charge in [0.1, 0.15) is 0 Å². The fourth-order valence-corrected chi connectivity index (χ4v) is 5.56. The number of benzene rings is 4. The maximum Gasteiger partial charge on any atom is 0.231 e. The van der Waals surface area contributed by atoms with Crippen molar-refractivity contribution in [2.24, 2.45) is 7.05 Å². The van der Waals surface area contributed by atoms with Crippen LogP contribution in [0.3, 0.4) is 0 Å². The zero-order chi connectivity index (χ0) is 23.7. The molecule has 0 saturated carbocycles. The number of hydrogen-bond donors (Lipinski definition) is 0. The topological polar surface area (TPSA) is 35.6 Å². The summed E-state index contributed by atoms with van der Waals surface area (Å²) in [5, 5.41) is 9.66. The molecule has 0 spiro atoms. The molecule has 0 aliphatic carbocycles. The normalized spacial score (nSPS) is 11.8. The van der Waals surface area contributed by atoms with E-state index in [0.717, 1.165) is 28.4 Å². The minimum absolute atomic E-state index is 0.840. The lowest BCUT2D eigenvalue weighted by Crippen LogP contribution is -2.06. The van der Waals surface area contributed by atoms with Crippen LogP contribution in [0.25, 0.3) is 49.7 Å². The van der Waals surface area contributed by atoms with E-state index in [0.29, 0.717) is 0 Å². The Hall–Kier alpha value is -3.92. The summed E-state index contributed by atoms with van der Waals surface area (Å²) >= 11 is 0. The molecular weight excluding hydrogens is 416 g/mol. The Morgan fingerprint density at radius 2 is 1.47 bits per heavy atom. The summed E-state index contributed by atoms with van der Waals surface area (Å²) in [5.74, 6) is 0.840. The number of aromatic nitrogens is 4. The zero-order valence-electron chi connectivity index (χ0n) is 20.6. The van der Waals surface area contributed by atoms with Gasteiger partial charge in [0.15, 0.2) is 0 Å². The van der Waals surface area contributed by atoms with Crippen molar-refractivity contribution in [2.75, 3.05) is 0 Å². The molecule has 0 N–H and O–H groups in total. The van der Waals surface area contributed by atoms with Crippen molar-refractivity contribution in [3.8, 4) is 17.1 Å². The highest BCUT2D eigenvalue weighted by Crippen LogP contribution is 2.42. The molecule has 4 aromatic carbocycles. The van der Waals surface area contributed by atoms with Gasteiger partial charge in [0.25, 0.3) is 0 Å². The molecule has 0 amide bonds. The van der Waals surface area contributed by atoms with Gasteiger partial charge in [0, 0.05) is 23.5 Å². The summed E-state index contributed by atoms with van der Waals surface area (Å²) < 4.78 is 4.15. The van der Waals surface area contributed by atoms with E-state index in [9.17, 15) is 0 Å². The van der Waals surface area contributed by atoms with E-state index in [-0.39, 0.29) is 0 Å². The molecule has 4 nitrogen and oxygen atoms in total. The molecule has 4 heteroatoms. The van der Waals surface area contributed by atoms with Gasteiger partial charge in [-0.25, -0.2) is 9.67 Å². The molecule has 6 rings (SSSR count). The number of hydrogen-bond acceptors (Lipinski definition) is 2. The van der Waals surface area contributed by atoms with E-state index < -0.39 is 0 Å². The van der Waals surface area contributed by atoms with E-state index in [1.165, 1.54) is 49.4 Å². The van der Waals surface area contributed by atoms with Gasteiger partial charge in [0.2, 0.25) is 5.95 Å². The average molecular weight is 445 g/mol. The number of rotatable bonds is 2. The fourth-order valence-electron chi connectivity index (χ4n) is 5.56. The molecular formula is C30H28N4. The lowest BCUT2D eigenvalue weighted by Gasteiger charge is -2.16. The Labute approximate surface area is 199 Å². The summed E-state index contributed by atoms with van der Waals surface area (Å²) in [6, 6.07) is 22.1. The SMILES string of the molecule is Cc1ccc2c(c1)c1c(-c3c(C)cccc3C)cccc1c1nc(-n3nc(C)cc3C)n(C)c21. The highest BCUT2D eigenvalue weighted by Gasteiger charge is 2.21. The Kier molecular flexibility index (Phi) is 4.43. The van der Waals surface area contributed by atoms with Crippen molar-refractivity contribution in [2.45, 2.75) is 34.6 Å². The van der Waals surface area contributed by atoms with E-state index >= 15 is 0 Å². The van der Waals surface area contributed by atoms with Crippen molar-refractivity contribution in [1.29, 1.82) is 0 Å². The molecule has 2 heterocycles. The first-order valence-electron chi connectivity index (χ1n) is 11.8. The molecule has 0 radical (unpaired) electrons. The number of fused-ring (bicyclic) bond motifs is 6. The smallest absolute Gasteiger partial charge is 0.231 e.